The molecule has 1 aliphatic heterocycles. The highest BCUT2D eigenvalue weighted by Crippen LogP contribution is 2.30. The molecule has 0 amide bonds. The third kappa shape index (κ3) is 1.92. The van der Waals surface area contributed by atoms with Gasteiger partial charge in [0.2, 0.25) is 0 Å². The first kappa shape index (κ1) is 9.40. The number of nitrogens with one attached hydrogen (secondary N) is 1. The maximum absolute atomic E-state index is 5.93. The van der Waals surface area contributed by atoms with Crippen LogP contribution in [0.2, 0.25) is 0 Å². The van der Waals surface area contributed by atoms with E-state index in [4.69, 9.17) is 11.6 Å². The highest BCUT2D eigenvalue weighted by molar-refractivity contribution is 6.32. The molecular weight excluding hydrogens is 170 g/mol. The molecule has 0 atom stereocenters. The maximum Gasteiger partial charge on any atom is 0.0638 e. The lowest BCUT2D eigenvalue weighted by Gasteiger charge is -2.24. The van der Waals surface area contributed by atoms with Crippen molar-refractivity contribution in [2.24, 2.45) is 5.41 Å². The molecular formula is C10H14ClN. The predicted molar refractivity (Wildman–Crippen MR) is 53.7 cm³/mol. The van der Waals surface area contributed by atoms with Gasteiger partial charge in [-0.15, -0.1) is 0 Å². The van der Waals surface area contributed by atoms with E-state index < -0.39 is 0 Å². The van der Waals surface area contributed by atoms with E-state index in [-0.39, 0.29) is 5.41 Å². The third-order valence-corrected chi connectivity index (χ3v) is 2.18. The van der Waals surface area contributed by atoms with Gasteiger partial charge in [-0.25, -0.2) is 0 Å². The van der Waals surface area contributed by atoms with Crippen molar-refractivity contribution in [1.29, 1.82) is 0 Å². The molecule has 0 unspecified atom stereocenters. The van der Waals surface area contributed by atoms with Crippen LogP contribution in [0.1, 0.15) is 20.8 Å². The monoisotopic (exact) mass is 183 g/mol. The molecule has 0 saturated carbocycles. The summed E-state index contributed by atoms with van der Waals surface area (Å²) < 4.78 is 0. The molecule has 2 heteroatoms. The van der Waals surface area contributed by atoms with Crippen LogP contribution in [0.4, 0.5) is 0 Å². The molecule has 66 valence electrons. The van der Waals surface area contributed by atoms with Gasteiger partial charge in [0.25, 0.3) is 0 Å². The van der Waals surface area contributed by atoms with E-state index in [1.54, 1.807) is 0 Å². The molecule has 1 nitrogen and oxygen atoms in total. The zero-order valence-corrected chi connectivity index (χ0v) is 8.50. The molecule has 0 fully saturated rings. The quantitative estimate of drug-likeness (QED) is 0.609. The third-order valence-electron chi connectivity index (χ3n) is 1.84. The van der Waals surface area contributed by atoms with Crippen LogP contribution in [-0.2, 0) is 0 Å². The standard InChI is InChI=1S/C10H14ClN/c1-7-9(11)5-8(6-12-7)10(2,3)4/h5-6,12H,1H2,2-4H3. The summed E-state index contributed by atoms with van der Waals surface area (Å²) in [5.74, 6) is 0. The lowest BCUT2D eigenvalue weighted by atomic mass is 9.86. The van der Waals surface area contributed by atoms with Crippen LogP contribution < -0.4 is 5.32 Å². The largest absolute Gasteiger partial charge is 0.361 e. The van der Waals surface area contributed by atoms with E-state index in [1.165, 1.54) is 5.57 Å². The summed E-state index contributed by atoms with van der Waals surface area (Å²) in [5.41, 5.74) is 2.10. The van der Waals surface area contributed by atoms with Crippen molar-refractivity contribution in [3.8, 4) is 0 Å². The van der Waals surface area contributed by atoms with Gasteiger partial charge in [-0.3, -0.25) is 0 Å². The van der Waals surface area contributed by atoms with E-state index in [1.807, 2.05) is 12.3 Å². The van der Waals surface area contributed by atoms with Gasteiger partial charge in [-0.1, -0.05) is 39.0 Å². The molecule has 12 heavy (non-hydrogen) atoms. The summed E-state index contributed by atoms with van der Waals surface area (Å²) in [6.45, 7) is 10.2. The van der Waals surface area contributed by atoms with Gasteiger partial charge in [0.1, 0.15) is 0 Å². The first-order chi connectivity index (χ1) is 5.41. The Morgan fingerprint density at radius 1 is 1.42 bits per heavy atom. The Kier molecular flexibility index (Phi) is 2.34. The zero-order valence-electron chi connectivity index (χ0n) is 7.74. The number of halogens is 1. The molecule has 0 aromatic carbocycles. The van der Waals surface area contributed by atoms with Crippen molar-refractivity contribution < 1.29 is 0 Å². The Hall–Kier alpha value is -0.690. The lowest BCUT2D eigenvalue weighted by molar-refractivity contribution is 0.512. The summed E-state index contributed by atoms with van der Waals surface area (Å²) in [4.78, 5) is 0. The van der Waals surface area contributed by atoms with Crippen LogP contribution in [0.25, 0.3) is 0 Å². The van der Waals surface area contributed by atoms with E-state index >= 15 is 0 Å². The van der Waals surface area contributed by atoms with Crippen LogP contribution in [0.15, 0.2) is 35.2 Å². The minimum absolute atomic E-state index is 0.133. The van der Waals surface area contributed by atoms with E-state index in [2.05, 4.69) is 32.7 Å². The summed E-state index contributed by atoms with van der Waals surface area (Å²) in [6.07, 6.45) is 3.91. The second kappa shape index (κ2) is 2.98. The molecule has 0 aliphatic carbocycles. The van der Waals surface area contributed by atoms with Gasteiger partial charge >= 0.3 is 0 Å². The highest BCUT2D eigenvalue weighted by atomic mass is 35.5. The van der Waals surface area contributed by atoms with Crippen molar-refractivity contribution in [3.63, 3.8) is 0 Å². The zero-order chi connectivity index (χ0) is 9.35. The first-order valence-electron chi connectivity index (χ1n) is 3.95. The number of allylic oxidation sites excluding steroid dienone is 3. The summed E-state index contributed by atoms with van der Waals surface area (Å²) in [6, 6.07) is 0. The lowest BCUT2D eigenvalue weighted by Crippen LogP contribution is -2.17. The fourth-order valence-corrected chi connectivity index (χ4v) is 1.10. The highest BCUT2D eigenvalue weighted by Gasteiger charge is 2.18. The van der Waals surface area contributed by atoms with Crippen LogP contribution in [0, 0.1) is 5.41 Å². The Bertz CT molecular complexity index is 266. The molecule has 0 aromatic heterocycles. The number of rotatable bonds is 0. The van der Waals surface area contributed by atoms with Crippen molar-refractivity contribution in [1.82, 2.24) is 5.32 Å². The number of hydrogen-bond acceptors (Lipinski definition) is 1. The van der Waals surface area contributed by atoms with Gasteiger partial charge in [0.05, 0.1) is 5.03 Å². The van der Waals surface area contributed by atoms with Crippen molar-refractivity contribution in [2.45, 2.75) is 20.8 Å². The van der Waals surface area contributed by atoms with E-state index in [0.717, 1.165) is 5.70 Å². The minimum atomic E-state index is 0.133. The van der Waals surface area contributed by atoms with Crippen LogP contribution >= 0.6 is 11.6 Å². The molecule has 1 rings (SSSR count). The molecule has 0 bridgehead atoms. The number of hydrogen-bond donors (Lipinski definition) is 1. The fraction of sp³-hybridized carbons (Fsp3) is 0.400. The maximum atomic E-state index is 5.93. The molecule has 0 radical (unpaired) electrons. The summed E-state index contributed by atoms with van der Waals surface area (Å²) >= 11 is 5.93. The second-order valence-electron chi connectivity index (χ2n) is 3.96. The van der Waals surface area contributed by atoms with Gasteiger partial charge in [0, 0.05) is 11.9 Å². The first-order valence-corrected chi connectivity index (χ1v) is 4.33. The molecule has 1 heterocycles. The Morgan fingerprint density at radius 3 is 2.42 bits per heavy atom. The summed E-state index contributed by atoms with van der Waals surface area (Å²) in [7, 11) is 0. The van der Waals surface area contributed by atoms with Crippen molar-refractivity contribution in [2.75, 3.05) is 0 Å². The SMILES string of the molecule is C=C1NC=C(C(C)(C)C)C=C1Cl. The fourth-order valence-electron chi connectivity index (χ4n) is 0.932. The average molecular weight is 184 g/mol. The topological polar surface area (TPSA) is 12.0 Å². The van der Waals surface area contributed by atoms with Gasteiger partial charge < -0.3 is 5.32 Å². The minimum Gasteiger partial charge on any atom is -0.361 e. The number of dihydropyridines is 1. The molecule has 1 N–H and O–H groups in total. The van der Waals surface area contributed by atoms with E-state index in [9.17, 15) is 0 Å². The Morgan fingerprint density at radius 2 is 2.00 bits per heavy atom. The molecule has 0 aromatic rings. The van der Waals surface area contributed by atoms with Crippen LogP contribution in [0.3, 0.4) is 0 Å². The summed E-state index contributed by atoms with van der Waals surface area (Å²) in [5, 5.41) is 3.73. The van der Waals surface area contributed by atoms with Crippen molar-refractivity contribution >= 4 is 11.6 Å². The normalized spacial score (nSPS) is 18.2. The Balaban J connectivity index is 2.93. The average Bonchev–Trinajstić information content (AvgIpc) is 1.92. The molecule has 0 spiro atoms. The van der Waals surface area contributed by atoms with Gasteiger partial charge in [-0.05, 0) is 17.1 Å². The van der Waals surface area contributed by atoms with Crippen LogP contribution in [-0.4, -0.2) is 0 Å². The predicted octanol–water partition coefficient (Wildman–Crippen LogP) is 3.16. The van der Waals surface area contributed by atoms with E-state index in [0.29, 0.717) is 5.03 Å². The van der Waals surface area contributed by atoms with Crippen LogP contribution in [0.5, 0.6) is 0 Å². The second-order valence-corrected chi connectivity index (χ2v) is 4.37. The van der Waals surface area contributed by atoms with Gasteiger partial charge in [-0.2, -0.15) is 0 Å². The Labute approximate surface area is 78.8 Å². The molecule has 1 aliphatic rings. The smallest absolute Gasteiger partial charge is 0.0638 e. The van der Waals surface area contributed by atoms with Crippen molar-refractivity contribution in [3.05, 3.63) is 35.2 Å². The van der Waals surface area contributed by atoms with Gasteiger partial charge in [0.15, 0.2) is 0 Å². The molecule has 0 saturated heterocycles.